The summed E-state index contributed by atoms with van der Waals surface area (Å²) < 4.78 is 0. The zero-order chi connectivity index (χ0) is 14.7. The highest BCUT2D eigenvalue weighted by molar-refractivity contribution is 14.0. The van der Waals surface area contributed by atoms with Crippen molar-refractivity contribution in [3.8, 4) is 0 Å². The first-order valence-corrected chi connectivity index (χ1v) is 7.67. The fourth-order valence-electron chi connectivity index (χ4n) is 2.87. The number of para-hydroxylation sites is 1. The number of hydrogen-bond donors (Lipinski definition) is 3. The number of anilines is 1. The smallest absolute Gasteiger partial charge is 0.232 e. The molecule has 0 bridgehead atoms. The summed E-state index contributed by atoms with van der Waals surface area (Å²) in [6.45, 7) is 1.48. The van der Waals surface area contributed by atoms with Gasteiger partial charge in [0.1, 0.15) is 0 Å². The minimum Gasteiger partial charge on any atom is -0.370 e. The molecular formula is C16H23IN4O. The normalized spacial score (nSPS) is 20.6. The number of amides is 1. The SMILES string of the molecule is I.NC(=NCC1CCC1)NCCC1C(=O)Nc2ccccc21. The summed E-state index contributed by atoms with van der Waals surface area (Å²) in [6.07, 6.45) is 4.60. The van der Waals surface area contributed by atoms with Crippen molar-refractivity contribution >= 4 is 41.5 Å². The molecule has 1 fully saturated rings. The minimum absolute atomic E-state index is 0. The van der Waals surface area contributed by atoms with Crippen molar-refractivity contribution < 1.29 is 4.79 Å². The molecule has 1 aromatic rings. The fraction of sp³-hybridized carbons (Fsp3) is 0.500. The molecule has 6 heteroatoms. The molecule has 22 heavy (non-hydrogen) atoms. The number of halogens is 1. The van der Waals surface area contributed by atoms with Gasteiger partial charge in [-0.15, -0.1) is 24.0 Å². The van der Waals surface area contributed by atoms with Crippen LogP contribution < -0.4 is 16.4 Å². The Bertz CT molecular complexity index is 557. The lowest BCUT2D eigenvalue weighted by Gasteiger charge is -2.23. The van der Waals surface area contributed by atoms with Crippen LogP contribution in [0.25, 0.3) is 0 Å². The molecule has 1 unspecified atom stereocenters. The lowest BCUT2D eigenvalue weighted by Crippen LogP contribution is -2.34. The van der Waals surface area contributed by atoms with Crippen LogP contribution in [-0.2, 0) is 4.79 Å². The monoisotopic (exact) mass is 414 g/mol. The van der Waals surface area contributed by atoms with Crippen LogP contribution in [0.1, 0.15) is 37.2 Å². The first-order valence-electron chi connectivity index (χ1n) is 7.67. The molecule has 120 valence electrons. The fourth-order valence-corrected chi connectivity index (χ4v) is 2.87. The Balaban J connectivity index is 0.00000176. The number of benzene rings is 1. The van der Waals surface area contributed by atoms with Crippen molar-refractivity contribution in [2.24, 2.45) is 16.6 Å². The molecule has 2 aliphatic rings. The summed E-state index contributed by atoms with van der Waals surface area (Å²) in [5.41, 5.74) is 7.86. The van der Waals surface area contributed by atoms with Gasteiger partial charge in [-0.1, -0.05) is 24.6 Å². The van der Waals surface area contributed by atoms with E-state index in [1.165, 1.54) is 19.3 Å². The third kappa shape index (κ3) is 3.91. The lowest BCUT2D eigenvalue weighted by atomic mass is 9.86. The van der Waals surface area contributed by atoms with E-state index >= 15 is 0 Å². The number of fused-ring (bicyclic) bond motifs is 1. The molecule has 1 aromatic carbocycles. The maximum Gasteiger partial charge on any atom is 0.232 e. The van der Waals surface area contributed by atoms with Crippen molar-refractivity contribution in [2.45, 2.75) is 31.6 Å². The van der Waals surface area contributed by atoms with E-state index in [2.05, 4.69) is 15.6 Å². The second-order valence-electron chi connectivity index (χ2n) is 5.87. The second-order valence-corrected chi connectivity index (χ2v) is 5.87. The van der Waals surface area contributed by atoms with Crippen LogP contribution in [-0.4, -0.2) is 25.0 Å². The Kier molecular flexibility index (Phi) is 6.05. The van der Waals surface area contributed by atoms with Gasteiger partial charge in [-0.2, -0.15) is 0 Å². The molecule has 3 rings (SSSR count). The maximum atomic E-state index is 12.0. The van der Waals surface area contributed by atoms with E-state index in [-0.39, 0.29) is 35.8 Å². The van der Waals surface area contributed by atoms with E-state index in [4.69, 9.17) is 5.73 Å². The number of nitrogens with one attached hydrogen (secondary N) is 2. The van der Waals surface area contributed by atoms with Crippen LogP contribution in [0.2, 0.25) is 0 Å². The van der Waals surface area contributed by atoms with E-state index in [1.807, 2.05) is 24.3 Å². The van der Waals surface area contributed by atoms with Gasteiger partial charge < -0.3 is 16.4 Å². The molecule has 5 nitrogen and oxygen atoms in total. The number of carbonyl (C=O) groups is 1. The number of hydrogen-bond acceptors (Lipinski definition) is 2. The largest absolute Gasteiger partial charge is 0.370 e. The Morgan fingerprint density at radius 3 is 2.86 bits per heavy atom. The van der Waals surface area contributed by atoms with E-state index in [1.54, 1.807) is 0 Å². The van der Waals surface area contributed by atoms with E-state index in [0.29, 0.717) is 12.5 Å². The summed E-state index contributed by atoms with van der Waals surface area (Å²) >= 11 is 0. The van der Waals surface area contributed by atoms with Gasteiger partial charge in [0.2, 0.25) is 5.91 Å². The van der Waals surface area contributed by atoms with Gasteiger partial charge >= 0.3 is 0 Å². The van der Waals surface area contributed by atoms with E-state index in [0.717, 1.165) is 30.1 Å². The number of aliphatic imine (C=N–C) groups is 1. The second kappa shape index (κ2) is 7.80. The molecule has 1 atom stereocenters. The lowest BCUT2D eigenvalue weighted by molar-refractivity contribution is -0.117. The average Bonchev–Trinajstić information content (AvgIpc) is 2.73. The highest BCUT2D eigenvalue weighted by Gasteiger charge is 2.29. The number of rotatable bonds is 5. The summed E-state index contributed by atoms with van der Waals surface area (Å²) in [7, 11) is 0. The van der Waals surface area contributed by atoms with Gasteiger partial charge in [-0.3, -0.25) is 9.79 Å². The molecule has 0 aromatic heterocycles. The van der Waals surface area contributed by atoms with Gasteiger partial charge in [-0.25, -0.2) is 0 Å². The number of guanidine groups is 1. The highest BCUT2D eigenvalue weighted by Crippen LogP contribution is 2.33. The maximum absolute atomic E-state index is 12.0. The summed E-state index contributed by atoms with van der Waals surface area (Å²) in [4.78, 5) is 16.3. The van der Waals surface area contributed by atoms with Crippen LogP contribution in [0, 0.1) is 5.92 Å². The van der Waals surface area contributed by atoms with Gasteiger partial charge in [0.15, 0.2) is 5.96 Å². The van der Waals surface area contributed by atoms with Crippen LogP contribution in [0.4, 0.5) is 5.69 Å². The van der Waals surface area contributed by atoms with Crippen LogP contribution in [0.15, 0.2) is 29.3 Å². The van der Waals surface area contributed by atoms with Crippen LogP contribution >= 0.6 is 24.0 Å². The van der Waals surface area contributed by atoms with Gasteiger partial charge in [0.25, 0.3) is 0 Å². The van der Waals surface area contributed by atoms with Crippen molar-refractivity contribution in [1.29, 1.82) is 0 Å². The van der Waals surface area contributed by atoms with Crippen molar-refractivity contribution in [3.05, 3.63) is 29.8 Å². The molecular weight excluding hydrogens is 391 g/mol. The molecule has 1 heterocycles. The van der Waals surface area contributed by atoms with Crippen molar-refractivity contribution in [2.75, 3.05) is 18.4 Å². The first-order chi connectivity index (χ1) is 10.2. The summed E-state index contributed by atoms with van der Waals surface area (Å²) in [6, 6.07) is 7.85. The summed E-state index contributed by atoms with van der Waals surface area (Å²) in [5, 5.41) is 6.02. The van der Waals surface area contributed by atoms with Gasteiger partial charge in [0, 0.05) is 18.8 Å². The number of carbonyl (C=O) groups excluding carboxylic acids is 1. The topological polar surface area (TPSA) is 79.5 Å². The zero-order valence-corrected chi connectivity index (χ0v) is 14.9. The molecule has 0 radical (unpaired) electrons. The number of nitrogens with two attached hydrogens (primary N) is 1. The molecule has 1 aliphatic carbocycles. The van der Waals surface area contributed by atoms with Gasteiger partial charge in [-0.05, 0) is 36.8 Å². The quantitative estimate of drug-likeness (QED) is 0.394. The van der Waals surface area contributed by atoms with Crippen LogP contribution in [0.5, 0.6) is 0 Å². The van der Waals surface area contributed by atoms with Gasteiger partial charge in [0.05, 0.1) is 5.92 Å². The molecule has 0 saturated heterocycles. The van der Waals surface area contributed by atoms with Crippen LogP contribution in [0.3, 0.4) is 0 Å². The van der Waals surface area contributed by atoms with Crippen molar-refractivity contribution in [1.82, 2.24) is 5.32 Å². The van der Waals surface area contributed by atoms with E-state index < -0.39 is 0 Å². The molecule has 1 amide bonds. The Morgan fingerprint density at radius 2 is 2.14 bits per heavy atom. The minimum atomic E-state index is -0.0897. The third-order valence-corrected chi connectivity index (χ3v) is 4.39. The zero-order valence-electron chi connectivity index (χ0n) is 12.5. The predicted octanol–water partition coefficient (Wildman–Crippen LogP) is 2.43. The Morgan fingerprint density at radius 1 is 1.36 bits per heavy atom. The standard InChI is InChI=1S/C16H22N4O.HI/c17-16(19-10-11-4-3-5-11)18-9-8-13-12-6-1-2-7-14(12)20-15(13)21;/h1-2,6-7,11,13H,3-5,8-10H2,(H,20,21)(H3,17,18,19);1H. The van der Waals surface area contributed by atoms with Crippen molar-refractivity contribution in [3.63, 3.8) is 0 Å². The molecule has 4 N–H and O–H groups in total. The third-order valence-electron chi connectivity index (χ3n) is 4.39. The molecule has 1 aliphatic heterocycles. The molecule has 1 saturated carbocycles. The summed E-state index contributed by atoms with van der Waals surface area (Å²) in [5.74, 6) is 1.20. The Hall–Kier alpha value is -1.31. The van der Waals surface area contributed by atoms with E-state index in [9.17, 15) is 4.79 Å². The molecule has 0 spiro atoms. The Labute approximate surface area is 148 Å². The highest BCUT2D eigenvalue weighted by atomic mass is 127. The predicted molar refractivity (Wildman–Crippen MR) is 99.7 cm³/mol. The first kappa shape index (κ1) is 17.1. The average molecular weight is 414 g/mol. The number of nitrogens with zero attached hydrogens (tertiary/aromatic N) is 1.